The molecule has 0 spiro atoms. The van der Waals surface area contributed by atoms with Crippen LogP contribution in [0.25, 0.3) is 11.1 Å². The Balaban J connectivity index is 1.69. The predicted molar refractivity (Wildman–Crippen MR) is 83.7 cm³/mol. The summed E-state index contributed by atoms with van der Waals surface area (Å²) in [5.41, 5.74) is 3.56. The third kappa shape index (κ3) is 2.99. The molecule has 1 heterocycles. The van der Waals surface area contributed by atoms with E-state index in [2.05, 4.69) is 41.3 Å². The Bertz CT molecular complexity index is 602. The van der Waals surface area contributed by atoms with Crippen LogP contribution in [0, 0.1) is 0 Å². The summed E-state index contributed by atoms with van der Waals surface area (Å²) in [6, 6.07) is 18.7. The van der Waals surface area contributed by atoms with Gasteiger partial charge in [0.1, 0.15) is 0 Å². The number of carbonyl (C=O) groups is 1. The molecule has 0 aliphatic carbocycles. The number of benzene rings is 2. The topological polar surface area (TPSA) is 43.8 Å². The minimum atomic E-state index is -0.825. The summed E-state index contributed by atoms with van der Waals surface area (Å²) in [6.45, 7) is 2.62. The van der Waals surface area contributed by atoms with Crippen LogP contribution in [0.1, 0.15) is 0 Å². The van der Waals surface area contributed by atoms with Crippen molar-refractivity contribution in [2.75, 3.05) is 31.1 Å². The van der Waals surface area contributed by atoms with Gasteiger partial charge in [0.05, 0.1) is 0 Å². The highest BCUT2D eigenvalue weighted by Gasteiger charge is 2.20. The monoisotopic (exact) mass is 282 g/mol. The SMILES string of the molecule is O=C(O)N1CCN(c2ccc(-c3ccccc3)cc2)CC1. The molecule has 3 rings (SSSR count). The van der Waals surface area contributed by atoms with Crippen molar-refractivity contribution in [1.82, 2.24) is 4.90 Å². The minimum absolute atomic E-state index is 0.565. The Morgan fingerprint density at radius 2 is 1.38 bits per heavy atom. The van der Waals surface area contributed by atoms with Crippen LogP contribution in [0.2, 0.25) is 0 Å². The second-order valence-corrected chi connectivity index (χ2v) is 5.17. The summed E-state index contributed by atoms with van der Waals surface area (Å²) in [5.74, 6) is 0. The van der Waals surface area contributed by atoms with Crippen molar-refractivity contribution in [3.05, 3.63) is 54.6 Å². The van der Waals surface area contributed by atoms with Gasteiger partial charge in [-0.05, 0) is 23.3 Å². The Morgan fingerprint density at radius 3 is 1.95 bits per heavy atom. The number of hydrogen-bond acceptors (Lipinski definition) is 2. The summed E-state index contributed by atoms with van der Waals surface area (Å²) >= 11 is 0. The summed E-state index contributed by atoms with van der Waals surface area (Å²) in [5, 5.41) is 8.96. The van der Waals surface area contributed by atoms with Crippen molar-refractivity contribution in [2.24, 2.45) is 0 Å². The van der Waals surface area contributed by atoms with E-state index in [1.807, 2.05) is 18.2 Å². The normalized spacial score (nSPS) is 15.0. The third-order valence-electron chi connectivity index (χ3n) is 3.89. The van der Waals surface area contributed by atoms with Crippen molar-refractivity contribution >= 4 is 11.8 Å². The number of carboxylic acid groups (broad SMARTS) is 1. The Kier molecular flexibility index (Phi) is 3.77. The molecule has 1 fully saturated rings. The van der Waals surface area contributed by atoms with Gasteiger partial charge in [0, 0.05) is 31.9 Å². The van der Waals surface area contributed by atoms with Gasteiger partial charge in [0.15, 0.2) is 0 Å². The van der Waals surface area contributed by atoms with Gasteiger partial charge in [-0.2, -0.15) is 0 Å². The maximum absolute atomic E-state index is 10.9. The van der Waals surface area contributed by atoms with Crippen LogP contribution >= 0.6 is 0 Å². The van der Waals surface area contributed by atoms with Crippen molar-refractivity contribution in [2.45, 2.75) is 0 Å². The largest absolute Gasteiger partial charge is 0.465 e. The molecule has 1 amide bonds. The van der Waals surface area contributed by atoms with E-state index < -0.39 is 6.09 Å². The molecule has 0 atom stereocenters. The first-order valence-corrected chi connectivity index (χ1v) is 7.12. The van der Waals surface area contributed by atoms with Crippen LogP contribution in [-0.4, -0.2) is 42.3 Å². The fourth-order valence-corrected chi connectivity index (χ4v) is 2.65. The molecule has 1 aliphatic heterocycles. The zero-order valence-corrected chi connectivity index (χ0v) is 11.8. The first-order chi connectivity index (χ1) is 10.2. The lowest BCUT2D eigenvalue weighted by Gasteiger charge is -2.34. The minimum Gasteiger partial charge on any atom is -0.465 e. The second-order valence-electron chi connectivity index (χ2n) is 5.17. The van der Waals surface area contributed by atoms with Crippen LogP contribution < -0.4 is 4.90 Å². The van der Waals surface area contributed by atoms with Gasteiger partial charge in [0.2, 0.25) is 0 Å². The second kappa shape index (κ2) is 5.87. The van der Waals surface area contributed by atoms with Gasteiger partial charge in [-0.3, -0.25) is 0 Å². The molecule has 21 heavy (non-hydrogen) atoms. The number of amides is 1. The molecule has 4 nitrogen and oxygen atoms in total. The molecular formula is C17H18N2O2. The number of piperazine rings is 1. The summed E-state index contributed by atoms with van der Waals surface area (Å²) in [7, 11) is 0. The summed E-state index contributed by atoms with van der Waals surface area (Å²) < 4.78 is 0. The van der Waals surface area contributed by atoms with Crippen LogP contribution in [0.4, 0.5) is 10.5 Å². The molecule has 0 saturated carbocycles. The van der Waals surface area contributed by atoms with E-state index in [1.165, 1.54) is 16.0 Å². The van der Waals surface area contributed by atoms with E-state index in [0.29, 0.717) is 13.1 Å². The Hall–Kier alpha value is -2.49. The van der Waals surface area contributed by atoms with Crippen LogP contribution in [0.3, 0.4) is 0 Å². The lowest BCUT2D eigenvalue weighted by molar-refractivity contribution is 0.142. The number of hydrogen-bond donors (Lipinski definition) is 1. The van der Waals surface area contributed by atoms with Gasteiger partial charge < -0.3 is 14.9 Å². The fourth-order valence-electron chi connectivity index (χ4n) is 2.65. The molecule has 1 saturated heterocycles. The lowest BCUT2D eigenvalue weighted by atomic mass is 10.1. The van der Waals surface area contributed by atoms with Gasteiger partial charge >= 0.3 is 6.09 Å². The average molecular weight is 282 g/mol. The third-order valence-corrected chi connectivity index (χ3v) is 3.89. The van der Waals surface area contributed by atoms with Gasteiger partial charge in [0.25, 0.3) is 0 Å². The van der Waals surface area contributed by atoms with Gasteiger partial charge in [-0.15, -0.1) is 0 Å². The van der Waals surface area contributed by atoms with Gasteiger partial charge in [-0.1, -0.05) is 42.5 Å². The quantitative estimate of drug-likeness (QED) is 0.920. The zero-order chi connectivity index (χ0) is 14.7. The van der Waals surface area contributed by atoms with E-state index in [-0.39, 0.29) is 0 Å². The zero-order valence-electron chi connectivity index (χ0n) is 11.8. The smallest absolute Gasteiger partial charge is 0.407 e. The number of nitrogens with zero attached hydrogens (tertiary/aromatic N) is 2. The summed E-state index contributed by atoms with van der Waals surface area (Å²) in [4.78, 5) is 14.6. The molecule has 2 aromatic rings. The van der Waals surface area contributed by atoms with E-state index in [9.17, 15) is 4.79 Å². The fraction of sp³-hybridized carbons (Fsp3) is 0.235. The molecule has 0 aromatic heterocycles. The molecule has 1 aliphatic rings. The van der Waals surface area contributed by atoms with E-state index in [1.54, 1.807) is 0 Å². The maximum atomic E-state index is 10.9. The maximum Gasteiger partial charge on any atom is 0.407 e. The standard InChI is InChI=1S/C17H18N2O2/c20-17(21)19-12-10-18(11-13-19)16-8-6-15(7-9-16)14-4-2-1-3-5-14/h1-9H,10-13H2,(H,20,21). The van der Waals surface area contributed by atoms with E-state index in [0.717, 1.165) is 18.8 Å². The molecule has 2 aromatic carbocycles. The number of rotatable bonds is 2. The molecule has 108 valence electrons. The Labute approximate surface area is 124 Å². The highest BCUT2D eigenvalue weighted by Crippen LogP contribution is 2.23. The predicted octanol–water partition coefficient (Wildman–Crippen LogP) is 3.15. The van der Waals surface area contributed by atoms with Crippen molar-refractivity contribution in [3.63, 3.8) is 0 Å². The molecule has 1 N–H and O–H groups in total. The molecule has 4 heteroatoms. The molecule has 0 unspecified atom stereocenters. The molecular weight excluding hydrogens is 264 g/mol. The summed E-state index contributed by atoms with van der Waals surface area (Å²) in [6.07, 6.45) is -0.825. The highest BCUT2D eigenvalue weighted by molar-refractivity contribution is 5.67. The van der Waals surface area contributed by atoms with Gasteiger partial charge in [-0.25, -0.2) is 4.79 Å². The van der Waals surface area contributed by atoms with E-state index >= 15 is 0 Å². The van der Waals surface area contributed by atoms with Crippen LogP contribution in [0.15, 0.2) is 54.6 Å². The van der Waals surface area contributed by atoms with Crippen LogP contribution in [-0.2, 0) is 0 Å². The van der Waals surface area contributed by atoms with Crippen molar-refractivity contribution < 1.29 is 9.90 Å². The molecule has 0 radical (unpaired) electrons. The first-order valence-electron chi connectivity index (χ1n) is 7.12. The average Bonchev–Trinajstić information content (AvgIpc) is 2.56. The number of anilines is 1. The van der Waals surface area contributed by atoms with Crippen molar-refractivity contribution in [3.8, 4) is 11.1 Å². The molecule has 0 bridgehead atoms. The Morgan fingerprint density at radius 1 is 0.810 bits per heavy atom. The highest BCUT2D eigenvalue weighted by atomic mass is 16.4. The first kappa shape index (κ1) is 13.5. The van der Waals surface area contributed by atoms with E-state index in [4.69, 9.17) is 5.11 Å². The van der Waals surface area contributed by atoms with Crippen molar-refractivity contribution in [1.29, 1.82) is 0 Å². The van der Waals surface area contributed by atoms with Crippen LogP contribution in [0.5, 0.6) is 0 Å². The lowest BCUT2D eigenvalue weighted by Crippen LogP contribution is -2.48.